The predicted octanol–water partition coefficient (Wildman–Crippen LogP) is 1.37. The number of aromatic hydroxyl groups is 1. The fourth-order valence-electron chi connectivity index (χ4n) is 0.891. The van der Waals surface area contributed by atoms with Gasteiger partial charge in [-0.3, -0.25) is 0 Å². The standard InChI is InChI=1S/C10H9F2NO/c11-8-5-7(3-1-2-4-13)10(14)9(12)6-8/h5-6,14H,2,4,13H2. The highest BCUT2D eigenvalue weighted by molar-refractivity contribution is 5.46. The van der Waals surface area contributed by atoms with Crippen LogP contribution < -0.4 is 5.73 Å². The van der Waals surface area contributed by atoms with E-state index in [0.29, 0.717) is 19.0 Å². The molecule has 2 nitrogen and oxygen atoms in total. The van der Waals surface area contributed by atoms with Gasteiger partial charge in [0, 0.05) is 19.0 Å². The van der Waals surface area contributed by atoms with Gasteiger partial charge in [0.2, 0.25) is 0 Å². The third kappa shape index (κ3) is 2.44. The zero-order valence-corrected chi connectivity index (χ0v) is 7.35. The summed E-state index contributed by atoms with van der Waals surface area (Å²) in [5.41, 5.74) is 5.12. The van der Waals surface area contributed by atoms with E-state index in [1.54, 1.807) is 0 Å². The molecule has 1 aromatic carbocycles. The Morgan fingerprint density at radius 3 is 2.71 bits per heavy atom. The fourth-order valence-corrected chi connectivity index (χ4v) is 0.891. The molecule has 0 fully saturated rings. The van der Waals surface area contributed by atoms with Crippen molar-refractivity contribution in [3.8, 4) is 17.6 Å². The SMILES string of the molecule is NCCC#Cc1cc(F)cc(F)c1O. The highest BCUT2D eigenvalue weighted by Crippen LogP contribution is 2.21. The molecule has 0 unspecified atom stereocenters. The Morgan fingerprint density at radius 1 is 1.36 bits per heavy atom. The quantitative estimate of drug-likeness (QED) is 0.668. The second kappa shape index (κ2) is 4.58. The smallest absolute Gasteiger partial charge is 0.169 e. The summed E-state index contributed by atoms with van der Waals surface area (Å²) in [6, 6.07) is 1.57. The molecule has 74 valence electrons. The van der Waals surface area contributed by atoms with Crippen molar-refractivity contribution in [2.24, 2.45) is 5.73 Å². The van der Waals surface area contributed by atoms with Gasteiger partial charge in [-0.15, -0.1) is 0 Å². The average molecular weight is 197 g/mol. The van der Waals surface area contributed by atoms with E-state index < -0.39 is 17.4 Å². The molecule has 0 spiro atoms. The molecule has 0 atom stereocenters. The zero-order valence-electron chi connectivity index (χ0n) is 7.35. The lowest BCUT2D eigenvalue weighted by Gasteiger charge is -1.98. The van der Waals surface area contributed by atoms with Crippen LogP contribution in [-0.4, -0.2) is 11.7 Å². The minimum Gasteiger partial charge on any atom is -0.504 e. The summed E-state index contributed by atoms with van der Waals surface area (Å²) in [6.07, 6.45) is 0.414. The summed E-state index contributed by atoms with van der Waals surface area (Å²) in [5.74, 6) is 2.61. The van der Waals surface area contributed by atoms with Gasteiger partial charge >= 0.3 is 0 Å². The van der Waals surface area contributed by atoms with E-state index in [1.807, 2.05) is 0 Å². The Balaban J connectivity index is 3.04. The molecule has 1 rings (SSSR count). The first kappa shape index (κ1) is 10.5. The van der Waals surface area contributed by atoms with Gasteiger partial charge in [0.15, 0.2) is 11.6 Å². The van der Waals surface area contributed by atoms with Crippen LogP contribution in [0.1, 0.15) is 12.0 Å². The van der Waals surface area contributed by atoms with Gasteiger partial charge in [-0.1, -0.05) is 11.8 Å². The summed E-state index contributed by atoms with van der Waals surface area (Å²) in [4.78, 5) is 0. The van der Waals surface area contributed by atoms with Crippen molar-refractivity contribution in [3.05, 3.63) is 29.3 Å². The lowest BCUT2D eigenvalue weighted by molar-refractivity contribution is 0.426. The number of nitrogens with two attached hydrogens (primary N) is 1. The van der Waals surface area contributed by atoms with Crippen LogP contribution in [0.5, 0.6) is 5.75 Å². The van der Waals surface area contributed by atoms with Crippen LogP contribution in [0.3, 0.4) is 0 Å². The van der Waals surface area contributed by atoms with Gasteiger partial charge in [-0.05, 0) is 6.07 Å². The molecule has 14 heavy (non-hydrogen) atoms. The van der Waals surface area contributed by atoms with Crippen molar-refractivity contribution in [1.29, 1.82) is 0 Å². The van der Waals surface area contributed by atoms with Crippen molar-refractivity contribution in [2.45, 2.75) is 6.42 Å². The molecule has 0 aliphatic carbocycles. The third-order valence-electron chi connectivity index (χ3n) is 1.52. The van der Waals surface area contributed by atoms with Crippen molar-refractivity contribution >= 4 is 0 Å². The highest BCUT2D eigenvalue weighted by atomic mass is 19.1. The van der Waals surface area contributed by atoms with Crippen molar-refractivity contribution in [1.82, 2.24) is 0 Å². The van der Waals surface area contributed by atoms with Crippen LogP contribution in [0.2, 0.25) is 0 Å². The summed E-state index contributed by atoms with van der Waals surface area (Å²) < 4.78 is 25.4. The van der Waals surface area contributed by atoms with E-state index in [1.165, 1.54) is 0 Å². The molecule has 0 bridgehead atoms. The molecular formula is C10H9F2NO. The molecular weight excluding hydrogens is 188 g/mol. The largest absolute Gasteiger partial charge is 0.504 e. The third-order valence-corrected chi connectivity index (χ3v) is 1.52. The molecule has 0 aliphatic heterocycles. The molecule has 0 heterocycles. The molecule has 0 aromatic heterocycles. The van der Waals surface area contributed by atoms with Crippen LogP contribution in [0.4, 0.5) is 8.78 Å². The van der Waals surface area contributed by atoms with Gasteiger partial charge in [0.1, 0.15) is 5.82 Å². The second-order valence-electron chi connectivity index (χ2n) is 2.62. The lowest BCUT2D eigenvalue weighted by Crippen LogP contribution is -1.95. The Bertz CT molecular complexity index is 393. The Morgan fingerprint density at radius 2 is 2.07 bits per heavy atom. The van der Waals surface area contributed by atoms with Crippen LogP contribution in [-0.2, 0) is 0 Å². The maximum Gasteiger partial charge on any atom is 0.169 e. The van der Waals surface area contributed by atoms with Gasteiger partial charge < -0.3 is 10.8 Å². The van der Waals surface area contributed by atoms with E-state index in [0.717, 1.165) is 6.07 Å². The number of hydrogen-bond donors (Lipinski definition) is 2. The Labute approximate surface area is 80.4 Å². The molecule has 3 N–H and O–H groups in total. The average Bonchev–Trinajstić information content (AvgIpc) is 2.13. The molecule has 0 aliphatic rings. The summed E-state index contributed by atoms with van der Waals surface area (Å²) >= 11 is 0. The van der Waals surface area contributed by atoms with E-state index in [-0.39, 0.29) is 5.56 Å². The van der Waals surface area contributed by atoms with E-state index in [2.05, 4.69) is 11.8 Å². The molecule has 1 aromatic rings. The van der Waals surface area contributed by atoms with E-state index in [9.17, 15) is 8.78 Å². The number of halogens is 2. The van der Waals surface area contributed by atoms with Gasteiger partial charge in [-0.25, -0.2) is 8.78 Å². The predicted molar refractivity (Wildman–Crippen MR) is 48.6 cm³/mol. The van der Waals surface area contributed by atoms with Crippen LogP contribution in [0, 0.1) is 23.5 Å². The van der Waals surface area contributed by atoms with Crippen molar-refractivity contribution < 1.29 is 13.9 Å². The summed E-state index contributed by atoms with van der Waals surface area (Å²) in [6.45, 7) is 0.367. The molecule has 0 radical (unpaired) electrons. The fraction of sp³-hybridized carbons (Fsp3) is 0.200. The Hall–Kier alpha value is -1.60. The van der Waals surface area contributed by atoms with Crippen molar-refractivity contribution in [2.75, 3.05) is 6.54 Å². The Kier molecular flexibility index (Phi) is 3.43. The molecule has 0 saturated heterocycles. The van der Waals surface area contributed by atoms with Crippen molar-refractivity contribution in [3.63, 3.8) is 0 Å². The monoisotopic (exact) mass is 197 g/mol. The molecule has 0 saturated carbocycles. The van der Waals surface area contributed by atoms with Crippen LogP contribution >= 0.6 is 0 Å². The lowest BCUT2D eigenvalue weighted by atomic mass is 10.2. The summed E-state index contributed by atoms with van der Waals surface area (Å²) in [5, 5.41) is 9.15. The van der Waals surface area contributed by atoms with E-state index >= 15 is 0 Å². The van der Waals surface area contributed by atoms with Gasteiger partial charge in [0.25, 0.3) is 0 Å². The highest BCUT2D eigenvalue weighted by Gasteiger charge is 2.07. The number of hydrogen-bond acceptors (Lipinski definition) is 2. The minimum atomic E-state index is -1.01. The summed E-state index contributed by atoms with van der Waals surface area (Å²) in [7, 11) is 0. The second-order valence-corrected chi connectivity index (χ2v) is 2.62. The number of rotatable bonds is 1. The minimum absolute atomic E-state index is 0.0593. The zero-order chi connectivity index (χ0) is 10.6. The maximum absolute atomic E-state index is 12.8. The van der Waals surface area contributed by atoms with Crippen LogP contribution in [0.15, 0.2) is 12.1 Å². The number of benzene rings is 1. The number of phenols is 1. The first-order valence-corrected chi connectivity index (χ1v) is 4.02. The van der Waals surface area contributed by atoms with Crippen LogP contribution in [0.25, 0.3) is 0 Å². The van der Waals surface area contributed by atoms with Gasteiger partial charge in [0.05, 0.1) is 5.56 Å². The number of phenolic OH excluding ortho intramolecular Hbond substituents is 1. The maximum atomic E-state index is 12.8. The van der Waals surface area contributed by atoms with Gasteiger partial charge in [-0.2, -0.15) is 0 Å². The first-order valence-electron chi connectivity index (χ1n) is 4.02. The normalized spacial score (nSPS) is 9.36. The van der Waals surface area contributed by atoms with E-state index in [4.69, 9.17) is 10.8 Å². The topological polar surface area (TPSA) is 46.2 Å². The first-order chi connectivity index (χ1) is 6.65. The molecule has 4 heteroatoms. The molecule has 0 amide bonds.